The molecule has 0 bridgehead atoms. The lowest BCUT2D eigenvalue weighted by Gasteiger charge is -2.15. The van der Waals surface area contributed by atoms with E-state index in [1.165, 1.54) is 0 Å². The molecule has 2 rings (SSSR count). The summed E-state index contributed by atoms with van der Waals surface area (Å²) in [6.07, 6.45) is 1.75. The minimum Gasteiger partial charge on any atom is -0.455 e. The van der Waals surface area contributed by atoms with Crippen molar-refractivity contribution >= 4 is 11.6 Å². The summed E-state index contributed by atoms with van der Waals surface area (Å²) >= 11 is 6.33. The monoisotopic (exact) mass is 290 g/mol. The van der Waals surface area contributed by atoms with Crippen molar-refractivity contribution in [1.82, 2.24) is 10.3 Å². The predicted molar refractivity (Wildman–Crippen MR) is 82.6 cm³/mol. The van der Waals surface area contributed by atoms with Gasteiger partial charge in [0.05, 0.1) is 5.69 Å². The number of nitrogens with one attached hydrogen (secondary N) is 1. The average Bonchev–Trinajstić information content (AvgIpc) is 2.42. The summed E-state index contributed by atoms with van der Waals surface area (Å²) < 4.78 is 5.82. The van der Waals surface area contributed by atoms with Crippen LogP contribution in [0.15, 0.2) is 36.5 Å². The molecular formula is C16H19ClN2O. The Morgan fingerprint density at radius 3 is 2.80 bits per heavy atom. The molecule has 0 radical (unpaired) electrons. The molecule has 0 fully saturated rings. The summed E-state index contributed by atoms with van der Waals surface area (Å²) in [7, 11) is 0. The van der Waals surface area contributed by atoms with E-state index in [1.54, 1.807) is 6.20 Å². The number of aryl methyl sites for hydroxylation is 1. The maximum Gasteiger partial charge on any atom is 0.148 e. The van der Waals surface area contributed by atoms with Gasteiger partial charge in [-0.3, -0.25) is 4.98 Å². The van der Waals surface area contributed by atoms with E-state index in [0.29, 0.717) is 5.02 Å². The number of aromatic nitrogens is 1. The third-order valence-corrected chi connectivity index (χ3v) is 3.46. The molecule has 2 aromatic rings. The highest BCUT2D eigenvalue weighted by Crippen LogP contribution is 2.30. The molecular weight excluding hydrogens is 272 g/mol. The lowest BCUT2D eigenvalue weighted by molar-refractivity contribution is 0.475. The van der Waals surface area contributed by atoms with Gasteiger partial charge in [-0.25, -0.2) is 0 Å². The molecule has 0 aliphatic heterocycles. The van der Waals surface area contributed by atoms with E-state index in [9.17, 15) is 0 Å². The van der Waals surface area contributed by atoms with Crippen molar-refractivity contribution in [2.45, 2.75) is 26.8 Å². The summed E-state index contributed by atoms with van der Waals surface area (Å²) in [5, 5.41) is 4.05. The SMILES string of the molecule is CCNC(C)c1ccc(Oc2cccnc2C)cc1Cl. The van der Waals surface area contributed by atoms with Crippen molar-refractivity contribution in [1.29, 1.82) is 0 Å². The fourth-order valence-corrected chi connectivity index (χ4v) is 2.38. The molecule has 0 aliphatic carbocycles. The maximum atomic E-state index is 6.33. The van der Waals surface area contributed by atoms with Crippen LogP contribution in [0.3, 0.4) is 0 Å². The number of rotatable bonds is 5. The second-order valence-corrected chi connectivity index (χ2v) is 5.06. The van der Waals surface area contributed by atoms with Crippen LogP contribution in [0.2, 0.25) is 5.02 Å². The largest absolute Gasteiger partial charge is 0.455 e. The Hall–Kier alpha value is -1.58. The van der Waals surface area contributed by atoms with Gasteiger partial charge in [0, 0.05) is 17.3 Å². The molecule has 1 aromatic carbocycles. The first-order valence-corrected chi connectivity index (χ1v) is 7.12. The molecule has 3 nitrogen and oxygen atoms in total. The standard InChI is InChI=1S/C16H19ClN2O/c1-4-18-11(2)14-8-7-13(10-15(14)17)20-16-6-5-9-19-12(16)3/h5-11,18H,4H2,1-3H3. The molecule has 0 amide bonds. The van der Waals surface area contributed by atoms with E-state index in [4.69, 9.17) is 16.3 Å². The molecule has 1 aromatic heterocycles. The number of nitrogens with zero attached hydrogens (tertiary/aromatic N) is 1. The second kappa shape index (κ2) is 6.73. The van der Waals surface area contributed by atoms with Gasteiger partial charge in [0.1, 0.15) is 11.5 Å². The van der Waals surface area contributed by atoms with Gasteiger partial charge in [-0.05, 0) is 50.2 Å². The Balaban J connectivity index is 2.19. The van der Waals surface area contributed by atoms with Crippen molar-refractivity contribution in [2.24, 2.45) is 0 Å². The molecule has 106 valence electrons. The van der Waals surface area contributed by atoms with Crippen molar-refractivity contribution in [3.63, 3.8) is 0 Å². The maximum absolute atomic E-state index is 6.33. The van der Waals surface area contributed by atoms with Gasteiger partial charge in [-0.15, -0.1) is 0 Å². The minimum absolute atomic E-state index is 0.224. The van der Waals surface area contributed by atoms with Gasteiger partial charge in [0.15, 0.2) is 0 Å². The van der Waals surface area contributed by atoms with E-state index in [1.807, 2.05) is 37.3 Å². The Labute approximate surface area is 124 Å². The van der Waals surface area contributed by atoms with Gasteiger partial charge in [0.2, 0.25) is 0 Å². The number of ether oxygens (including phenoxy) is 1. The van der Waals surface area contributed by atoms with Crippen LogP contribution in [0, 0.1) is 6.92 Å². The summed E-state index contributed by atoms with van der Waals surface area (Å²) in [4.78, 5) is 4.20. The molecule has 0 saturated carbocycles. The van der Waals surface area contributed by atoms with Crippen LogP contribution in [-0.4, -0.2) is 11.5 Å². The quantitative estimate of drug-likeness (QED) is 0.880. The van der Waals surface area contributed by atoms with Gasteiger partial charge in [0.25, 0.3) is 0 Å². The van der Waals surface area contributed by atoms with Crippen LogP contribution in [-0.2, 0) is 0 Å². The normalized spacial score (nSPS) is 12.2. The van der Waals surface area contributed by atoms with Crippen molar-refractivity contribution in [2.75, 3.05) is 6.54 Å². The third kappa shape index (κ3) is 3.50. The highest BCUT2D eigenvalue weighted by Gasteiger charge is 2.10. The average molecular weight is 291 g/mol. The van der Waals surface area contributed by atoms with E-state index in [-0.39, 0.29) is 6.04 Å². The molecule has 0 saturated heterocycles. The number of halogens is 1. The highest BCUT2D eigenvalue weighted by molar-refractivity contribution is 6.31. The zero-order valence-corrected chi connectivity index (χ0v) is 12.7. The Bertz CT molecular complexity index is 586. The summed E-state index contributed by atoms with van der Waals surface area (Å²) in [6, 6.07) is 9.74. The van der Waals surface area contributed by atoms with E-state index >= 15 is 0 Å². The van der Waals surface area contributed by atoms with E-state index < -0.39 is 0 Å². The Morgan fingerprint density at radius 1 is 1.35 bits per heavy atom. The minimum atomic E-state index is 0.224. The molecule has 0 aliphatic rings. The van der Waals surface area contributed by atoms with Crippen LogP contribution in [0.4, 0.5) is 0 Å². The van der Waals surface area contributed by atoms with Crippen molar-refractivity contribution in [3.8, 4) is 11.5 Å². The summed E-state index contributed by atoms with van der Waals surface area (Å²) in [5.74, 6) is 1.47. The molecule has 4 heteroatoms. The van der Waals surface area contributed by atoms with Gasteiger partial charge in [-0.2, -0.15) is 0 Å². The van der Waals surface area contributed by atoms with Crippen molar-refractivity contribution < 1.29 is 4.74 Å². The van der Waals surface area contributed by atoms with Crippen LogP contribution in [0.25, 0.3) is 0 Å². The number of benzene rings is 1. The second-order valence-electron chi connectivity index (χ2n) is 4.65. The number of pyridine rings is 1. The lowest BCUT2D eigenvalue weighted by Crippen LogP contribution is -2.17. The molecule has 20 heavy (non-hydrogen) atoms. The van der Waals surface area contributed by atoms with Crippen LogP contribution in [0.5, 0.6) is 11.5 Å². The van der Waals surface area contributed by atoms with Crippen LogP contribution < -0.4 is 10.1 Å². The number of hydrogen-bond donors (Lipinski definition) is 1. The van der Waals surface area contributed by atoms with Gasteiger partial charge >= 0.3 is 0 Å². The van der Waals surface area contributed by atoms with E-state index in [2.05, 4.69) is 24.1 Å². The highest BCUT2D eigenvalue weighted by atomic mass is 35.5. The fraction of sp³-hybridized carbons (Fsp3) is 0.312. The third-order valence-electron chi connectivity index (χ3n) is 3.13. The zero-order valence-electron chi connectivity index (χ0n) is 12.0. The molecule has 0 spiro atoms. The summed E-state index contributed by atoms with van der Waals surface area (Å²) in [6.45, 7) is 6.99. The smallest absolute Gasteiger partial charge is 0.148 e. The molecule has 1 unspecified atom stereocenters. The first-order chi connectivity index (χ1) is 9.61. The van der Waals surface area contributed by atoms with Crippen LogP contribution >= 0.6 is 11.6 Å². The summed E-state index contributed by atoms with van der Waals surface area (Å²) in [5.41, 5.74) is 1.93. The lowest BCUT2D eigenvalue weighted by atomic mass is 10.1. The first-order valence-electron chi connectivity index (χ1n) is 6.74. The fourth-order valence-electron chi connectivity index (χ4n) is 2.04. The van der Waals surface area contributed by atoms with E-state index in [0.717, 1.165) is 29.3 Å². The Kier molecular flexibility index (Phi) is 4.99. The molecule has 1 atom stereocenters. The predicted octanol–water partition coefficient (Wildman–Crippen LogP) is 4.51. The van der Waals surface area contributed by atoms with Gasteiger partial charge in [-0.1, -0.05) is 24.6 Å². The van der Waals surface area contributed by atoms with Crippen LogP contribution in [0.1, 0.15) is 31.1 Å². The van der Waals surface area contributed by atoms with Gasteiger partial charge < -0.3 is 10.1 Å². The van der Waals surface area contributed by atoms with Crippen molar-refractivity contribution in [3.05, 3.63) is 52.8 Å². The number of hydrogen-bond acceptors (Lipinski definition) is 3. The molecule has 1 N–H and O–H groups in total. The first kappa shape index (κ1) is 14.8. The Morgan fingerprint density at radius 2 is 2.15 bits per heavy atom. The molecule has 1 heterocycles. The topological polar surface area (TPSA) is 34.1 Å². The zero-order chi connectivity index (χ0) is 14.5.